The minimum absolute atomic E-state index is 0.00961. The van der Waals surface area contributed by atoms with Crippen LogP contribution >= 0.6 is 0 Å². The molecular formula is C33H47N5O4S. The summed E-state index contributed by atoms with van der Waals surface area (Å²) < 4.78 is 32.4. The summed E-state index contributed by atoms with van der Waals surface area (Å²) in [6, 6.07) is 12.2. The fourth-order valence-corrected chi connectivity index (χ4v) is 7.00. The van der Waals surface area contributed by atoms with Crippen molar-refractivity contribution < 1.29 is 17.9 Å². The van der Waals surface area contributed by atoms with E-state index in [1.807, 2.05) is 33.0 Å². The van der Waals surface area contributed by atoms with E-state index in [9.17, 15) is 13.2 Å². The van der Waals surface area contributed by atoms with Gasteiger partial charge in [-0.15, -0.1) is 0 Å². The molecule has 0 saturated carbocycles. The monoisotopic (exact) mass is 609 g/mol. The predicted molar refractivity (Wildman–Crippen MR) is 174 cm³/mol. The number of sulfone groups is 1. The van der Waals surface area contributed by atoms with Crippen molar-refractivity contribution in [1.29, 1.82) is 0 Å². The lowest BCUT2D eigenvalue weighted by Crippen LogP contribution is -2.34. The van der Waals surface area contributed by atoms with Gasteiger partial charge in [-0.3, -0.25) is 4.79 Å². The van der Waals surface area contributed by atoms with Crippen LogP contribution in [0.5, 0.6) is 5.75 Å². The lowest BCUT2D eigenvalue weighted by molar-refractivity contribution is 0.102. The number of anilines is 2. The van der Waals surface area contributed by atoms with Gasteiger partial charge in [0.25, 0.3) is 5.91 Å². The Bertz CT molecular complexity index is 1470. The molecule has 3 aromatic rings. The molecule has 2 aromatic carbocycles. The third kappa shape index (κ3) is 8.32. The normalized spacial score (nSPS) is 18.8. The summed E-state index contributed by atoms with van der Waals surface area (Å²) in [5.41, 5.74) is 8.53. The number of aromatic nitrogens is 2. The van der Waals surface area contributed by atoms with Gasteiger partial charge >= 0.3 is 0 Å². The van der Waals surface area contributed by atoms with E-state index in [4.69, 9.17) is 10.5 Å². The SMILES string of the molecule is CC.CNCc1cccc2c1OCCCCCCC(C)CC(C)(C)S(=O)(=O)c1ccc(cc1)-c1cnc(N)c(n1)C(=O)N2. The van der Waals surface area contributed by atoms with Crippen LogP contribution in [-0.2, 0) is 16.4 Å². The number of para-hydroxylation sites is 1. The van der Waals surface area contributed by atoms with E-state index in [0.29, 0.717) is 42.3 Å². The van der Waals surface area contributed by atoms with Crippen LogP contribution in [0.1, 0.15) is 89.2 Å². The van der Waals surface area contributed by atoms with Crippen LogP contribution < -0.4 is 21.1 Å². The fraction of sp³-hybridized carbons (Fsp3) is 0.485. The van der Waals surface area contributed by atoms with Crippen molar-refractivity contribution in [2.75, 3.05) is 24.7 Å². The van der Waals surface area contributed by atoms with Crippen molar-refractivity contribution in [1.82, 2.24) is 15.3 Å². The average molecular weight is 610 g/mol. The molecule has 3 heterocycles. The average Bonchev–Trinajstić information content (AvgIpc) is 2.98. The van der Waals surface area contributed by atoms with Crippen molar-refractivity contribution >= 4 is 27.2 Å². The second-order valence-corrected chi connectivity index (χ2v) is 14.0. The maximum atomic E-state index is 13.6. The molecular weight excluding hydrogens is 562 g/mol. The highest BCUT2D eigenvalue weighted by molar-refractivity contribution is 7.92. The molecule has 1 unspecified atom stereocenters. The van der Waals surface area contributed by atoms with E-state index in [-0.39, 0.29) is 22.3 Å². The van der Waals surface area contributed by atoms with Gasteiger partial charge in [-0.05, 0) is 57.9 Å². The number of nitrogens with two attached hydrogens (primary N) is 1. The first kappa shape index (κ1) is 34.0. The maximum absolute atomic E-state index is 13.6. The van der Waals surface area contributed by atoms with Gasteiger partial charge in [0.2, 0.25) is 0 Å². The lowest BCUT2D eigenvalue weighted by Gasteiger charge is -2.28. The summed E-state index contributed by atoms with van der Waals surface area (Å²) in [5.74, 6) is 0.369. The van der Waals surface area contributed by atoms with Crippen molar-refractivity contribution in [2.45, 2.75) is 89.3 Å². The van der Waals surface area contributed by atoms with Crippen LogP contribution in [0.15, 0.2) is 53.6 Å². The van der Waals surface area contributed by atoms with Crippen LogP contribution in [0.25, 0.3) is 11.3 Å². The number of amides is 1. The molecule has 0 spiro atoms. The molecule has 9 nitrogen and oxygen atoms in total. The number of carbonyl (C=O) groups excluding carboxylic acids is 1. The first-order chi connectivity index (χ1) is 20.5. The number of hydrogen-bond acceptors (Lipinski definition) is 8. The molecule has 0 fully saturated rings. The van der Waals surface area contributed by atoms with Crippen molar-refractivity contribution in [3.63, 3.8) is 0 Å². The van der Waals surface area contributed by atoms with Gasteiger partial charge in [0, 0.05) is 17.7 Å². The Morgan fingerprint density at radius 3 is 2.47 bits per heavy atom. The largest absolute Gasteiger partial charge is 0.491 e. The van der Waals surface area contributed by atoms with Crippen LogP contribution in [-0.4, -0.2) is 42.7 Å². The lowest BCUT2D eigenvalue weighted by atomic mass is 9.93. The van der Waals surface area contributed by atoms with E-state index in [0.717, 1.165) is 37.7 Å². The third-order valence-corrected chi connectivity index (χ3v) is 10.1. The first-order valence-electron chi connectivity index (χ1n) is 15.2. The molecule has 1 aromatic heterocycles. The van der Waals surface area contributed by atoms with Gasteiger partial charge in [-0.2, -0.15) is 0 Å². The molecule has 0 saturated heterocycles. The third-order valence-electron chi connectivity index (χ3n) is 7.59. The quantitative estimate of drug-likeness (QED) is 0.294. The summed E-state index contributed by atoms with van der Waals surface area (Å²) in [6.07, 6.45) is 6.95. The van der Waals surface area contributed by atoms with E-state index in [1.54, 1.807) is 44.2 Å². The van der Waals surface area contributed by atoms with Gasteiger partial charge < -0.3 is 21.1 Å². The zero-order valence-corrected chi connectivity index (χ0v) is 27.2. The highest BCUT2D eigenvalue weighted by Gasteiger charge is 2.36. The Hall–Kier alpha value is -3.50. The number of nitrogens with zero attached hydrogens (tertiary/aromatic N) is 2. The van der Waals surface area contributed by atoms with Crippen molar-refractivity contribution in [3.05, 3.63) is 59.9 Å². The molecule has 0 radical (unpaired) electrons. The number of nitrogens with one attached hydrogen (secondary N) is 2. The molecule has 0 aliphatic carbocycles. The van der Waals surface area contributed by atoms with Gasteiger partial charge in [-0.1, -0.05) is 70.7 Å². The molecule has 5 rings (SSSR count). The number of hydrogen-bond donors (Lipinski definition) is 3. The minimum atomic E-state index is -3.58. The molecule has 43 heavy (non-hydrogen) atoms. The first-order valence-corrected chi connectivity index (χ1v) is 16.7. The standard InChI is InChI=1S/C31H41N5O4S.C2H6/c1-21-10-7-5-6-8-17-40-28-23(19-33-4)11-9-12-25(28)36-30(37)27-29(32)34-20-26(35-27)22-13-15-24(16-14-22)41(38,39)31(2,3)18-21;1-2/h9,11-16,20-21,33H,5-8,10,17-19H2,1-4H3,(H2,32,34)(H,36,37);1-2H3. The maximum Gasteiger partial charge on any atom is 0.278 e. The highest BCUT2D eigenvalue weighted by atomic mass is 32.2. The van der Waals surface area contributed by atoms with Crippen LogP contribution in [0.2, 0.25) is 0 Å². The van der Waals surface area contributed by atoms with Crippen molar-refractivity contribution in [3.8, 4) is 17.0 Å². The second kappa shape index (κ2) is 15.3. The van der Waals surface area contributed by atoms with Gasteiger partial charge in [-0.25, -0.2) is 18.4 Å². The second-order valence-electron chi connectivity index (χ2n) is 11.4. The van der Waals surface area contributed by atoms with Gasteiger partial charge in [0.15, 0.2) is 21.3 Å². The zero-order valence-electron chi connectivity index (χ0n) is 26.4. The summed E-state index contributed by atoms with van der Waals surface area (Å²) in [4.78, 5) is 22.3. The highest BCUT2D eigenvalue weighted by Crippen LogP contribution is 2.34. The Kier molecular flexibility index (Phi) is 12.1. The summed E-state index contributed by atoms with van der Waals surface area (Å²) >= 11 is 0. The van der Waals surface area contributed by atoms with Crippen LogP contribution in [0, 0.1) is 5.92 Å². The molecule has 2 aliphatic rings. The van der Waals surface area contributed by atoms with Crippen LogP contribution in [0.3, 0.4) is 0 Å². The molecule has 4 bridgehead atoms. The van der Waals surface area contributed by atoms with Crippen molar-refractivity contribution in [2.24, 2.45) is 5.92 Å². The molecule has 4 N–H and O–H groups in total. The zero-order chi connectivity index (χ0) is 31.6. The molecule has 1 atom stereocenters. The number of nitrogen functional groups attached to an aromatic ring is 1. The summed E-state index contributed by atoms with van der Waals surface area (Å²) in [5, 5.41) is 6.06. The fourth-order valence-electron chi connectivity index (χ4n) is 5.37. The molecule has 10 heteroatoms. The van der Waals surface area contributed by atoms with Crippen LogP contribution in [0.4, 0.5) is 11.5 Å². The minimum Gasteiger partial charge on any atom is -0.491 e. The predicted octanol–water partition coefficient (Wildman–Crippen LogP) is 6.65. The van der Waals surface area contributed by atoms with E-state index < -0.39 is 20.5 Å². The van der Waals surface area contributed by atoms with E-state index in [2.05, 4.69) is 27.5 Å². The smallest absolute Gasteiger partial charge is 0.278 e. The van der Waals surface area contributed by atoms with E-state index in [1.165, 1.54) is 6.20 Å². The summed E-state index contributed by atoms with van der Waals surface area (Å²) in [7, 11) is -1.72. The topological polar surface area (TPSA) is 136 Å². The van der Waals surface area contributed by atoms with Gasteiger partial charge in [0.05, 0.1) is 33.8 Å². The number of benzene rings is 2. The number of rotatable bonds is 2. The molecule has 2 aliphatic heterocycles. The van der Waals surface area contributed by atoms with E-state index >= 15 is 0 Å². The Morgan fingerprint density at radius 1 is 1.07 bits per heavy atom. The number of carbonyl (C=O) groups is 1. The Labute approximate surface area is 257 Å². The molecule has 234 valence electrons. The van der Waals surface area contributed by atoms with Gasteiger partial charge in [0.1, 0.15) is 5.75 Å². The summed E-state index contributed by atoms with van der Waals surface area (Å²) in [6.45, 7) is 10.8. The number of fused-ring (bicyclic) bond motifs is 13. The number of ether oxygens (including phenoxy) is 1. The molecule has 1 amide bonds. The Morgan fingerprint density at radius 2 is 1.77 bits per heavy atom. The Balaban J connectivity index is 0.00000248.